The van der Waals surface area contributed by atoms with Gasteiger partial charge in [-0.25, -0.2) is 9.78 Å². The molecule has 4 rings (SSSR count). The van der Waals surface area contributed by atoms with Crippen LogP contribution in [0.15, 0.2) is 36.7 Å². The molecule has 3 amide bonds. The Morgan fingerprint density at radius 1 is 1.07 bits per heavy atom. The van der Waals surface area contributed by atoms with Crippen molar-refractivity contribution in [2.45, 2.75) is 25.9 Å². The van der Waals surface area contributed by atoms with Gasteiger partial charge in [-0.15, -0.1) is 0 Å². The van der Waals surface area contributed by atoms with E-state index in [-0.39, 0.29) is 18.5 Å². The van der Waals surface area contributed by atoms with E-state index < -0.39 is 0 Å². The van der Waals surface area contributed by atoms with Crippen molar-refractivity contribution in [3.8, 4) is 0 Å². The van der Waals surface area contributed by atoms with Crippen LogP contribution in [0.3, 0.4) is 0 Å². The Bertz CT molecular complexity index is 832. The number of urea groups is 1. The van der Waals surface area contributed by atoms with Gasteiger partial charge in [0.1, 0.15) is 12.4 Å². The van der Waals surface area contributed by atoms with Crippen LogP contribution >= 0.6 is 0 Å². The van der Waals surface area contributed by atoms with Crippen molar-refractivity contribution in [1.82, 2.24) is 25.1 Å². The number of imide groups is 1. The average Bonchev–Trinajstić information content (AvgIpc) is 3.27. The molecule has 2 aromatic rings. The van der Waals surface area contributed by atoms with E-state index in [1.54, 1.807) is 6.20 Å². The molecule has 4 heterocycles. The Balaban J connectivity index is 1.37. The van der Waals surface area contributed by atoms with E-state index in [0.29, 0.717) is 12.4 Å². The fourth-order valence-corrected chi connectivity index (χ4v) is 3.38. The van der Waals surface area contributed by atoms with Crippen LogP contribution in [0.25, 0.3) is 0 Å². The number of anilines is 2. The van der Waals surface area contributed by atoms with Crippen LogP contribution in [0, 0.1) is 0 Å². The van der Waals surface area contributed by atoms with Crippen LogP contribution in [0.1, 0.15) is 24.1 Å². The van der Waals surface area contributed by atoms with Crippen molar-refractivity contribution in [3.05, 3.63) is 47.9 Å². The smallest absolute Gasteiger partial charge is 0.324 e. The average molecular weight is 366 g/mol. The van der Waals surface area contributed by atoms with E-state index in [9.17, 15) is 9.59 Å². The Hall–Kier alpha value is -3.00. The second-order valence-corrected chi connectivity index (χ2v) is 6.91. The molecule has 8 heteroatoms. The number of aromatic nitrogens is 2. The van der Waals surface area contributed by atoms with Gasteiger partial charge in [-0.2, -0.15) is 0 Å². The fraction of sp³-hybridized carbons (Fsp3) is 0.368. The van der Waals surface area contributed by atoms with Crippen LogP contribution in [0.5, 0.6) is 0 Å². The van der Waals surface area contributed by atoms with E-state index in [1.165, 1.54) is 17.7 Å². The van der Waals surface area contributed by atoms with Crippen LogP contribution < -0.4 is 10.6 Å². The van der Waals surface area contributed by atoms with E-state index >= 15 is 0 Å². The molecule has 0 spiro atoms. The molecule has 0 saturated carbocycles. The largest absolute Gasteiger partial charge is 0.339 e. The minimum absolute atomic E-state index is 0.0896. The summed E-state index contributed by atoms with van der Waals surface area (Å²) in [5, 5.41) is 5.51. The Morgan fingerprint density at radius 2 is 1.93 bits per heavy atom. The molecule has 2 aliphatic rings. The normalized spacial score (nSPS) is 17.4. The number of hydrogen-bond donors (Lipinski definition) is 2. The highest BCUT2D eigenvalue weighted by atomic mass is 16.2. The SMILES string of the molecule is O=C1CN(Cc2ccnc(Nc3ccc(CN4CCCC4)nc3)c2)C(=O)N1. The van der Waals surface area contributed by atoms with Crippen LogP contribution in [0.2, 0.25) is 0 Å². The first-order valence-electron chi connectivity index (χ1n) is 9.14. The number of likely N-dealkylation sites (tertiary alicyclic amines) is 1. The topological polar surface area (TPSA) is 90.5 Å². The Labute approximate surface area is 157 Å². The second kappa shape index (κ2) is 7.71. The third kappa shape index (κ3) is 4.40. The molecular formula is C19H22N6O2. The molecule has 2 aliphatic heterocycles. The molecule has 27 heavy (non-hydrogen) atoms. The van der Waals surface area contributed by atoms with Crippen LogP contribution in [0.4, 0.5) is 16.3 Å². The molecule has 0 unspecified atom stereocenters. The molecule has 0 atom stereocenters. The van der Waals surface area contributed by atoms with E-state index in [0.717, 1.165) is 36.6 Å². The van der Waals surface area contributed by atoms with Gasteiger partial charge in [-0.1, -0.05) is 0 Å². The molecule has 0 bridgehead atoms. The number of nitrogens with zero attached hydrogens (tertiary/aromatic N) is 4. The highest BCUT2D eigenvalue weighted by molar-refractivity contribution is 6.01. The summed E-state index contributed by atoms with van der Waals surface area (Å²) in [6.07, 6.45) is 6.04. The number of rotatable bonds is 6. The number of pyridine rings is 2. The van der Waals surface area contributed by atoms with Crippen molar-refractivity contribution in [3.63, 3.8) is 0 Å². The molecule has 2 saturated heterocycles. The summed E-state index contributed by atoms with van der Waals surface area (Å²) in [5.74, 6) is 0.403. The Morgan fingerprint density at radius 3 is 2.63 bits per heavy atom. The van der Waals surface area contributed by atoms with Crippen molar-refractivity contribution in [2.75, 3.05) is 25.0 Å². The molecule has 0 aliphatic carbocycles. The number of carbonyl (C=O) groups is 2. The van der Waals surface area contributed by atoms with E-state index in [2.05, 4.69) is 25.5 Å². The number of carbonyl (C=O) groups excluding carboxylic acids is 2. The molecular weight excluding hydrogens is 344 g/mol. The van der Waals surface area contributed by atoms with Crippen molar-refractivity contribution >= 4 is 23.4 Å². The zero-order chi connectivity index (χ0) is 18.6. The fourth-order valence-electron chi connectivity index (χ4n) is 3.38. The predicted molar refractivity (Wildman–Crippen MR) is 100 cm³/mol. The van der Waals surface area contributed by atoms with Gasteiger partial charge in [-0.3, -0.25) is 20.0 Å². The minimum Gasteiger partial charge on any atom is -0.339 e. The molecule has 2 fully saturated rings. The molecule has 0 aromatic carbocycles. The van der Waals surface area contributed by atoms with Crippen molar-refractivity contribution in [1.29, 1.82) is 0 Å². The lowest BCUT2D eigenvalue weighted by Crippen LogP contribution is -2.27. The van der Waals surface area contributed by atoms with Gasteiger partial charge in [0.2, 0.25) is 5.91 Å². The van der Waals surface area contributed by atoms with Gasteiger partial charge < -0.3 is 10.2 Å². The van der Waals surface area contributed by atoms with Gasteiger partial charge in [0.15, 0.2) is 0 Å². The number of hydrogen-bond acceptors (Lipinski definition) is 6. The summed E-state index contributed by atoms with van der Waals surface area (Å²) in [6, 6.07) is 7.38. The lowest BCUT2D eigenvalue weighted by atomic mass is 10.2. The monoisotopic (exact) mass is 366 g/mol. The summed E-state index contributed by atoms with van der Waals surface area (Å²) in [7, 11) is 0. The summed E-state index contributed by atoms with van der Waals surface area (Å²) in [5.41, 5.74) is 2.82. The number of amides is 3. The van der Waals surface area contributed by atoms with Gasteiger partial charge in [0, 0.05) is 19.3 Å². The maximum atomic E-state index is 11.7. The van der Waals surface area contributed by atoms with Gasteiger partial charge in [0.25, 0.3) is 0 Å². The Kier molecular flexibility index (Phi) is 4.97. The highest BCUT2D eigenvalue weighted by Crippen LogP contribution is 2.18. The summed E-state index contributed by atoms with van der Waals surface area (Å²) >= 11 is 0. The predicted octanol–water partition coefficient (Wildman–Crippen LogP) is 1.87. The molecule has 140 valence electrons. The first kappa shape index (κ1) is 17.4. The first-order valence-corrected chi connectivity index (χ1v) is 9.14. The summed E-state index contributed by atoms with van der Waals surface area (Å²) in [6.45, 7) is 3.65. The zero-order valence-electron chi connectivity index (χ0n) is 15.0. The maximum absolute atomic E-state index is 11.7. The van der Waals surface area contributed by atoms with E-state index in [4.69, 9.17) is 0 Å². The van der Waals surface area contributed by atoms with Crippen molar-refractivity contribution in [2.24, 2.45) is 0 Å². The minimum atomic E-state index is -0.357. The molecule has 8 nitrogen and oxygen atoms in total. The van der Waals surface area contributed by atoms with Gasteiger partial charge in [-0.05, 0) is 55.8 Å². The van der Waals surface area contributed by atoms with Crippen molar-refractivity contribution < 1.29 is 9.59 Å². The molecule has 2 aromatic heterocycles. The quantitative estimate of drug-likeness (QED) is 0.759. The number of nitrogens with one attached hydrogen (secondary N) is 2. The third-order valence-electron chi connectivity index (χ3n) is 4.75. The summed E-state index contributed by atoms with van der Waals surface area (Å²) < 4.78 is 0. The summed E-state index contributed by atoms with van der Waals surface area (Å²) in [4.78, 5) is 35.7. The van der Waals surface area contributed by atoms with Gasteiger partial charge >= 0.3 is 6.03 Å². The first-order chi connectivity index (χ1) is 13.2. The van der Waals surface area contributed by atoms with Crippen LogP contribution in [-0.2, 0) is 17.9 Å². The maximum Gasteiger partial charge on any atom is 0.324 e. The third-order valence-corrected chi connectivity index (χ3v) is 4.75. The van der Waals surface area contributed by atoms with Crippen LogP contribution in [-0.4, -0.2) is 51.3 Å². The molecule has 2 N–H and O–H groups in total. The zero-order valence-corrected chi connectivity index (χ0v) is 15.0. The standard InChI is InChI=1S/C19H22N6O2/c26-18-13-25(19(27)23-18)11-14-5-6-20-17(9-14)22-15-3-4-16(21-10-15)12-24-7-1-2-8-24/h3-6,9-10H,1-2,7-8,11-13H2,(H,20,22)(H,23,26,27). The highest BCUT2D eigenvalue weighted by Gasteiger charge is 2.26. The lowest BCUT2D eigenvalue weighted by molar-refractivity contribution is -0.118. The molecule has 0 radical (unpaired) electrons. The van der Waals surface area contributed by atoms with Gasteiger partial charge in [0.05, 0.1) is 17.6 Å². The van der Waals surface area contributed by atoms with E-state index in [1.807, 2.05) is 30.5 Å². The lowest BCUT2D eigenvalue weighted by Gasteiger charge is -2.15. The second-order valence-electron chi connectivity index (χ2n) is 6.91.